The molecule has 1 atom stereocenters. The highest BCUT2D eigenvalue weighted by Crippen LogP contribution is 2.31. The number of hydrogen-bond acceptors (Lipinski definition) is 7. The largest absolute Gasteiger partial charge is 0.508 e. The molecule has 0 spiro atoms. The van der Waals surface area contributed by atoms with E-state index in [-0.39, 0.29) is 35.2 Å². The Morgan fingerprint density at radius 3 is 2.46 bits per heavy atom. The number of rotatable bonds is 6. The lowest BCUT2D eigenvalue weighted by atomic mass is 9.90. The van der Waals surface area contributed by atoms with Gasteiger partial charge in [-0.1, -0.05) is 30.7 Å². The number of carbonyl (C=O) groups is 1. The number of benzene rings is 2. The molecular weight excluding hydrogens is 512 g/mol. The van der Waals surface area contributed by atoms with Gasteiger partial charge in [0.25, 0.3) is 5.56 Å². The minimum Gasteiger partial charge on any atom is -0.508 e. The Morgan fingerprint density at radius 2 is 1.78 bits per heavy atom. The predicted octanol–water partition coefficient (Wildman–Crippen LogP) is 4.43. The van der Waals surface area contributed by atoms with E-state index in [1.165, 1.54) is 22.4 Å². The van der Waals surface area contributed by atoms with Crippen molar-refractivity contribution < 1.29 is 15.0 Å². The third-order valence-corrected chi connectivity index (χ3v) is 8.16. The van der Waals surface area contributed by atoms with Gasteiger partial charge in [0.05, 0.1) is 23.4 Å². The van der Waals surface area contributed by atoms with Crippen molar-refractivity contribution >= 4 is 40.1 Å². The zero-order valence-corrected chi connectivity index (χ0v) is 21.9. The van der Waals surface area contributed by atoms with Gasteiger partial charge in [0.2, 0.25) is 5.91 Å². The second-order valence-electron chi connectivity index (χ2n) is 9.70. The second-order valence-corrected chi connectivity index (χ2v) is 10.9. The fourth-order valence-corrected chi connectivity index (χ4v) is 5.67. The maximum Gasteiger partial charge on any atom is 0.281 e. The molecule has 0 bridgehead atoms. The molecule has 1 unspecified atom stereocenters. The Kier molecular flexibility index (Phi) is 7.02. The number of aromatic hydroxyl groups is 1. The number of aromatic nitrogens is 3. The summed E-state index contributed by atoms with van der Waals surface area (Å²) in [7, 11) is 0. The van der Waals surface area contributed by atoms with Crippen LogP contribution in [0.5, 0.6) is 5.75 Å². The van der Waals surface area contributed by atoms with Crippen molar-refractivity contribution in [1.29, 1.82) is 0 Å². The number of piperidine rings is 1. The SMILES string of the molecule is CC(CC(=O)N1CCC(O)(Cn2cnc3c(-c4ccc(O)cc4)snc3c2=O)CC1)c1ccc(Cl)cc1. The molecule has 1 aliphatic heterocycles. The highest BCUT2D eigenvalue weighted by atomic mass is 35.5. The topological polar surface area (TPSA) is 109 Å². The molecule has 0 radical (unpaired) electrons. The zero-order chi connectivity index (χ0) is 26.2. The van der Waals surface area contributed by atoms with Crippen LogP contribution in [0, 0.1) is 0 Å². The smallest absolute Gasteiger partial charge is 0.281 e. The summed E-state index contributed by atoms with van der Waals surface area (Å²) in [6, 6.07) is 14.2. The van der Waals surface area contributed by atoms with Gasteiger partial charge in [0, 0.05) is 24.5 Å². The molecule has 1 saturated heterocycles. The zero-order valence-electron chi connectivity index (χ0n) is 20.3. The normalized spacial score (nSPS) is 16.1. The lowest BCUT2D eigenvalue weighted by molar-refractivity contribution is -0.136. The lowest BCUT2D eigenvalue weighted by Crippen LogP contribution is -2.49. The number of carbonyl (C=O) groups excluding carboxylic acids is 1. The molecule has 2 N–H and O–H groups in total. The highest BCUT2D eigenvalue weighted by Gasteiger charge is 2.35. The van der Waals surface area contributed by atoms with Crippen LogP contribution < -0.4 is 5.56 Å². The van der Waals surface area contributed by atoms with Crippen LogP contribution in [-0.4, -0.2) is 53.6 Å². The Hall–Kier alpha value is -3.27. The van der Waals surface area contributed by atoms with Gasteiger partial charge in [0.15, 0.2) is 5.52 Å². The summed E-state index contributed by atoms with van der Waals surface area (Å²) in [6.45, 7) is 2.95. The van der Waals surface area contributed by atoms with E-state index in [1.807, 2.05) is 31.2 Å². The first-order chi connectivity index (χ1) is 17.7. The van der Waals surface area contributed by atoms with E-state index in [1.54, 1.807) is 29.2 Å². The van der Waals surface area contributed by atoms with E-state index in [2.05, 4.69) is 9.36 Å². The summed E-state index contributed by atoms with van der Waals surface area (Å²) in [6.07, 6.45) is 2.57. The first kappa shape index (κ1) is 25.4. The molecule has 2 aromatic heterocycles. The van der Waals surface area contributed by atoms with Crippen molar-refractivity contribution in [2.75, 3.05) is 13.1 Å². The highest BCUT2D eigenvalue weighted by molar-refractivity contribution is 7.11. The van der Waals surface area contributed by atoms with Gasteiger partial charge >= 0.3 is 0 Å². The summed E-state index contributed by atoms with van der Waals surface area (Å²) >= 11 is 7.14. The van der Waals surface area contributed by atoms with Crippen molar-refractivity contribution in [2.24, 2.45) is 0 Å². The molecule has 4 aromatic rings. The molecule has 37 heavy (non-hydrogen) atoms. The van der Waals surface area contributed by atoms with Gasteiger partial charge in [-0.05, 0) is 77.8 Å². The first-order valence-electron chi connectivity index (χ1n) is 12.1. The lowest BCUT2D eigenvalue weighted by Gasteiger charge is -2.38. The molecule has 2 aromatic carbocycles. The van der Waals surface area contributed by atoms with Gasteiger partial charge in [-0.25, -0.2) is 4.98 Å². The standard InChI is InChI=1S/C27H27ClN4O4S/c1-17(18-2-6-20(28)7-3-18)14-22(34)31-12-10-27(36,11-13-31)15-32-16-29-23-24(26(32)35)30-37-25(23)19-4-8-21(33)9-5-19/h2-9,16-17,33,36H,10-15H2,1H3. The number of hydrogen-bond donors (Lipinski definition) is 2. The van der Waals surface area contributed by atoms with E-state index in [0.29, 0.717) is 42.9 Å². The van der Waals surface area contributed by atoms with Gasteiger partial charge in [-0.15, -0.1) is 0 Å². The first-order valence-corrected chi connectivity index (χ1v) is 13.3. The van der Waals surface area contributed by atoms with Crippen molar-refractivity contribution in [3.63, 3.8) is 0 Å². The average molecular weight is 539 g/mol. The maximum atomic E-state index is 13.1. The molecule has 192 valence electrons. The number of amides is 1. The Morgan fingerprint density at radius 1 is 1.11 bits per heavy atom. The second kappa shape index (κ2) is 10.2. The van der Waals surface area contributed by atoms with Crippen molar-refractivity contribution in [1.82, 2.24) is 18.8 Å². The van der Waals surface area contributed by atoms with Crippen LogP contribution in [-0.2, 0) is 11.3 Å². The van der Waals surface area contributed by atoms with Gasteiger partial charge in [0.1, 0.15) is 11.3 Å². The minimum absolute atomic E-state index is 0.0500. The molecule has 1 aliphatic rings. The van der Waals surface area contributed by atoms with Gasteiger partial charge in [-0.2, -0.15) is 4.37 Å². The number of nitrogens with zero attached hydrogens (tertiary/aromatic N) is 4. The maximum absolute atomic E-state index is 13.1. The van der Waals surface area contributed by atoms with E-state index in [4.69, 9.17) is 11.6 Å². The van der Waals surface area contributed by atoms with E-state index in [0.717, 1.165) is 16.0 Å². The molecule has 1 amide bonds. The third kappa shape index (κ3) is 5.39. The Balaban J connectivity index is 1.24. The Bertz CT molecular complexity index is 1480. The quantitative estimate of drug-likeness (QED) is 0.376. The van der Waals surface area contributed by atoms with Gasteiger partial charge < -0.3 is 15.1 Å². The molecular formula is C27H27ClN4O4S. The number of likely N-dealkylation sites (tertiary alicyclic amines) is 1. The molecule has 5 rings (SSSR count). The molecule has 0 saturated carbocycles. The van der Waals surface area contributed by atoms with E-state index >= 15 is 0 Å². The van der Waals surface area contributed by atoms with Crippen LogP contribution in [0.2, 0.25) is 5.02 Å². The number of fused-ring (bicyclic) bond motifs is 1. The molecule has 8 nitrogen and oxygen atoms in total. The van der Waals surface area contributed by atoms with Crippen LogP contribution in [0.1, 0.15) is 37.7 Å². The molecule has 3 heterocycles. The summed E-state index contributed by atoms with van der Waals surface area (Å²) < 4.78 is 5.73. The minimum atomic E-state index is -1.12. The molecule has 1 fully saturated rings. The predicted molar refractivity (Wildman–Crippen MR) is 144 cm³/mol. The van der Waals surface area contributed by atoms with Crippen LogP contribution in [0.3, 0.4) is 0 Å². The van der Waals surface area contributed by atoms with Crippen LogP contribution in [0.4, 0.5) is 0 Å². The van der Waals surface area contributed by atoms with E-state index in [9.17, 15) is 19.8 Å². The summed E-state index contributed by atoms with van der Waals surface area (Å²) in [5.74, 6) is 0.269. The van der Waals surface area contributed by atoms with Gasteiger partial charge in [-0.3, -0.25) is 14.2 Å². The fraction of sp³-hybridized carbons (Fsp3) is 0.333. The number of aliphatic hydroxyl groups is 1. The van der Waals surface area contributed by atoms with Crippen LogP contribution in [0.25, 0.3) is 21.5 Å². The molecule has 0 aliphatic carbocycles. The van der Waals surface area contributed by atoms with Crippen molar-refractivity contribution in [3.05, 3.63) is 75.8 Å². The fourth-order valence-electron chi connectivity index (χ4n) is 4.72. The average Bonchev–Trinajstić information content (AvgIpc) is 3.32. The number of phenols is 1. The monoisotopic (exact) mass is 538 g/mol. The van der Waals surface area contributed by atoms with E-state index < -0.39 is 5.60 Å². The van der Waals surface area contributed by atoms with Crippen molar-refractivity contribution in [3.8, 4) is 16.2 Å². The third-order valence-electron chi connectivity index (χ3n) is 7.02. The number of halogens is 1. The number of phenolic OH excluding ortho intramolecular Hbond substituents is 1. The summed E-state index contributed by atoms with van der Waals surface area (Å²) in [4.78, 5) is 33.0. The summed E-state index contributed by atoms with van der Waals surface area (Å²) in [5.41, 5.74) is 1.20. The summed E-state index contributed by atoms with van der Waals surface area (Å²) in [5, 5.41) is 21.4. The van der Waals surface area contributed by atoms with Crippen LogP contribution >= 0.6 is 23.1 Å². The molecule has 10 heteroatoms. The van der Waals surface area contributed by atoms with Crippen molar-refractivity contribution in [2.45, 2.75) is 44.2 Å². The Labute approximate surface area is 222 Å². The van der Waals surface area contributed by atoms with Crippen LogP contribution in [0.15, 0.2) is 59.7 Å².